The molecule has 0 unspecified atom stereocenters. The van der Waals surface area contributed by atoms with Gasteiger partial charge >= 0.3 is 11.9 Å². The van der Waals surface area contributed by atoms with Crippen LogP contribution in [0.15, 0.2) is 12.2 Å². The predicted octanol–water partition coefficient (Wildman–Crippen LogP) is 1.11. The highest BCUT2D eigenvalue weighted by Gasteiger charge is 2.39. The third-order valence-electron chi connectivity index (χ3n) is 4.19. The molecule has 1 rings (SSSR count). The molecule has 0 aliphatic carbocycles. The Morgan fingerprint density at radius 3 is 2.46 bits per heavy atom. The third kappa shape index (κ3) is 7.16. The summed E-state index contributed by atoms with van der Waals surface area (Å²) in [5, 5.41) is 20.5. The van der Waals surface area contributed by atoms with Crippen molar-refractivity contribution in [2.75, 3.05) is 0 Å². The van der Waals surface area contributed by atoms with Crippen molar-refractivity contribution in [1.82, 2.24) is 0 Å². The van der Waals surface area contributed by atoms with Gasteiger partial charge in [0, 0.05) is 26.7 Å². The number of carbonyl (C=O) groups excluding carboxylic acids is 2. The van der Waals surface area contributed by atoms with Crippen LogP contribution in [0, 0.1) is 12.3 Å². The van der Waals surface area contributed by atoms with Gasteiger partial charge in [0.1, 0.15) is 12.2 Å². The molecule has 2 N–H and O–H groups in total. The van der Waals surface area contributed by atoms with Crippen LogP contribution < -0.4 is 0 Å². The Bertz CT molecular complexity index is 536. The number of carbonyl (C=O) groups is 2. The van der Waals surface area contributed by atoms with Crippen LogP contribution in [0.2, 0.25) is 0 Å². The third-order valence-corrected chi connectivity index (χ3v) is 4.19. The van der Waals surface area contributed by atoms with Gasteiger partial charge < -0.3 is 24.4 Å². The Labute approximate surface area is 154 Å². The first kappa shape index (κ1) is 22.2. The summed E-state index contributed by atoms with van der Waals surface area (Å²) in [5.41, 5.74) is 0. The molecule has 1 fully saturated rings. The fraction of sp³-hybridized carbons (Fsp3) is 0.684. The molecule has 1 heterocycles. The fourth-order valence-electron chi connectivity index (χ4n) is 3.00. The van der Waals surface area contributed by atoms with Gasteiger partial charge in [-0.1, -0.05) is 18.9 Å². The normalized spacial score (nSPS) is 30.7. The Balaban J connectivity index is 3.10. The van der Waals surface area contributed by atoms with Crippen molar-refractivity contribution in [1.29, 1.82) is 0 Å². The van der Waals surface area contributed by atoms with Crippen LogP contribution in [0.1, 0.15) is 46.5 Å². The minimum atomic E-state index is -1.10. The van der Waals surface area contributed by atoms with Crippen LogP contribution in [0.4, 0.5) is 0 Å². The molecule has 0 aromatic rings. The molecule has 0 amide bonds. The van der Waals surface area contributed by atoms with E-state index in [1.165, 1.54) is 19.9 Å². The molecule has 7 heteroatoms. The number of hydrogen-bond acceptors (Lipinski definition) is 7. The summed E-state index contributed by atoms with van der Waals surface area (Å²) >= 11 is 0. The van der Waals surface area contributed by atoms with Gasteiger partial charge in [-0.15, -0.1) is 6.42 Å². The van der Waals surface area contributed by atoms with Gasteiger partial charge in [0.05, 0.1) is 24.4 Å². The van der Waals surface area contributed by atoms with Crippen molar-refractivity contribution in [3.05, 3.63) is 12.2 Å². The average molecular weight is 368 g/mol. The van der Waals surface area contributed by atoms with Gasteiger partial charge in [-0.3, -0.25) is 9.59 Å². The molecular formula is C19H28O7. The van der Waals surface area contributed by atoms with Crippen LogP contribution in [0.3, 0.4) is 0 Å². The number of rotatable bonds is 6. The fourth-order valence-corrected chi connectivity index (χ4v) is 3.00. The largest absolute Gasteiger partial charge is 0.460 e. The van der Waals surface area contributed by atoms with E-state index < -0.39 is 48.6 Å². The highest BCUT2D eigenvalue weighted by atomic mass is 16.6. The van der Waals surface area contributed by atoms with Crippen molar-refractivity contribution in [2.24, 2.45) is 0 Å². The van der Waals surface area contributed by atoms with Crippen LogP contribution in [-0.2, 0) is 23.8 Å². The van der Waals surface area contributed by atoms with Crippen molar-refractivity contribution in [3.63, 3.8) is 0 Å². The van der Waals surface area contributed by atoms with Crippen molar-refractivity contribution in [2.45, 2.75) is 83.1 Å². The highest BCUT2D eigenvalue weighted by Crippen LogP contribution is 2.27. The Morgan fingerprint density at radius 2 is 1.92 bits per heavy atom. The minimum Gasteiger partial charge on any atom is -0.460 e. The Kier molecular flexibility index (Phi) is 9.35. The van der Waals surface area contributed by atoms with Gasteiger partial charge in [-0.25, -0.2) is 0 Å². The Morgan fingerprint density at radius 1 is 1.27 bits per heavy atom. The molecule has 146 valence electrons. The van der Waals surface area contributed by atoms with E-state index in [4.69, 9.17) is 20.6 Å². The highest BCUT2D eigenvalue weighted by molar-refractivity contribution is 5.66. The zero-order valence-corrected chi connectivity index (χ0v) is 15.5. The monoisotopic (exact) mass is 368 g/mol. The van der Waals surface area contributed by atoms with E-state index in [1.54, 1.807) is 6.08 Å². The molecule has 0 aromatic heterocycles. The molecular weight excluding hydrogens is 340 g/mol. The van der Waals surface area contributed by atoms with E-state index in [1.807, 2.05) is 6.92 Å². The van der Waals surface area contributed by atoms with Crippen molar-refractivity contribution < 1.29 is 34.0 Å². The van der Waals surface area contributed by atoms with Crippen LogP contribution in [0.25, 0.3) is 0 Å². The molecule has 0 radical (unpaired) electrons. The lowest BCUT2D eigenvalue weighted by Gasteiger charge is -2.38. The summed E-state index contributed by atoms with van der Waals surface area (Å²) in [4.78, 5) is 22.8. The summed E-state index contributed by atoms with van der Waals surface area (Å²) in [6.07, 6.45) is 4.57. The quantitative estimate of drug-likeness (QED) is 0.535. The minimum absolute atomic E-state index is 0.0341. The first-order valence-electron chi connectivity index (χ1n) is 8.75. The number of aliphatic hydroxyl groups is 2. The number of terminal acetylenes is 1. The number of hydrogen-bond donors (Lipinski definition) is 2. The maximum absolute atomic E-state index is 11.4. The molecule has 1 aliphatic rings. The Hall–Kier alpha value is -1.88. The van der Waals surface area contributed by atoms with Gasteiger partial charge in [-0.05, 0) is 18.9 Å². The lowest BCUT2D eigenvalue weighted by atomic mass is 9.92. The van der Waals surface area contributed by atoms with E-state index in [-0.39, 0.29) is 12.8 Å². The summed E-state index contributed by atoms with van der Waals surface area (Å²) in [5.74, 6) is 1.40. The second-order valence-electron chi connectivity index (χ2n) is 6.33. The molecule has 1 aliphatic heterocycles. The molecule has 0 aromatic carbocycles. The number of ether oxygens (including phenoxy) is 3. The molecule has 0 spiro atoms. The second kappa shape index (κ2) is 11.0. The van der Waals surface area contributed by atoms with Gasteiger partial charge in [0.2, 0.25) is 0 Å². The summed E-state index contributed by atoms with van der Waals surface area (Å²) < 4.78 is 16.7. The van der Waals surface area contributed by atoms with E-state index in [2.05, 4.69) is 5.92 Å². The zero-order chi connectivity index (χ0) is 19.7. The molecule has 0 saturated carbocycles. The maximum atomic E-state index is 11.4. The number of esters is 2. The smallest absolute Gasteiger partial charge is 0.302 e. The van der Waals surface area contributed by atoms with Crippen molar-refractivity contribution in [3.8, 4) is 12.3 Å². The van der Waals surface area contributed by atoms with Gasteiger partial charge in [0.25, 0.3) is 0 Å². The van der Waals surface area contributed by atoms with E-state index in [0.29, 0.717) is 12.8 Å². The van der Waals surface area contributed by atoms with E-state index in [0.717, 1.165) is 0 Å². The lowest BCUT2D eigenvalue weighted by Crippen LogP contribution is -2.49. The SMILES string of the molecule is C#C/C=C\C[C@H]1O[C@@H]([C@H](CC)OC(C)=O)C[C@H](O)[C@H](O)C[C@H]1OC(C)=O. The maximum Gasteiger partial charge on any atom is 0.302 e. The first-order valence-corrected chi connectivity index (χ1v) is 8.75. The molecule has 7 nitrogen and oxygen atoms in total. The van der Waals surface area contributed by atoms with E-state index in [9.17, 15) is 19.8 Å². The van der Waals surface area contributed by atoms with E-state index >= 15 is 0 Å². The van der Waals surface area contributed by atoms with Gasteiger partial charge in [-0.2, -0.15) is 0 Å². The van der Waals surface area contributed by atoms with Crippen LogP contribution >= 0.6 is 0 Å². The lowest BCUT2D eigenvalue weighted by molar-refractivity contribution is -0.191. The first-order chi connectivity index (χ1) is 12.3. The molecule has 1 saturated heterocycles. The van der Waals surface area contributed by atoms with Gasteiger partial charge in [0.15, 0.2) is 0 Å². The van der Waals surface area contributed by atoms with Crippen LogP contribution in [0.5, 0.6) is 0 Å². The number of aliphatic hydroxyl groups excluding tert-OH is 2. The second-order valence-corrected chi connectivity index (χ2v) is 6.33. The van der Waals surface area contributed by atoms with Crippen LogP contribution in [-0.4, -0.2) is 58.8 Å². The predicted molar refractivity (Wildman–Crippen MR) is 93.9 cm³/mol. The molecule has 6 atom stereocenters. The molecule has 0 bridgehead atoms. The molecule has 26 heavy (non-hydrogen) atoms. The standard InChI is InChI=1S/C19H28O7/c1-5-7-8-9-17-19(25-13(4)21)11-15(23)14(22)10-18(26-17)16(6-2)24-12(3)20/h1,7-8,14-19,22-23H,6,9-11H2,2-4H3/b8-7-/t14-,15+,16-,17+,18+,19+/m0/s1. The summed E-state index contributed by atoms with van der Waals surface area (Å²) in [6.45, 7) is 4.39. The summed E-state index contributed by atoms with van der Waals surface area (Å²) in [7, 11) is 0. The number of allylic oxidation sites excluding steroid dienone is 1. The average Bonchev–Trinajstić information content (AvgIpc) is 2.55. The topological polar surface area (TPSA) is 102 Å². The summed E-state index contributed by atoms with van der Waals surface area (Å²) in [6, 6.07) is 0. The zero-order valence-electron chi connectivity index (χ0n) is 15.5. The van der Waals surface area contributed by atoms with Crippen molar-refractivity contribution >= 4 is 11.9 Å².